The number of aromatic hydroxyl groups is 2. The fraction of sp³-hybridized carbons (Fsp3) is 0.455. The molecule has 3 rings (SSSR count). The predicted molar refractivity (Wildman–Crippen MR) is 130 cm³/mol. The average Bonchev–Trinajstić information content (AvgIpc) is 2.65. The second-order valence-electron chi connectivity index (χ2n) is 8.22. The first-order valence-electron chi connectivity index (χ1n) is 9.34. The lowest BCUT2D eigenvalue weighted by molar-refractivity contribution is 0.199. The molecule has 0 saturated heterocycles. The van der Waals surface area contributed by atoms with E-state index in [4.69, 9.17) is 0 Å². The average molecular weight is 640 g/mol. The minimum absolute atomic E-state index is 0.0441. The van der Waals surface area contributed by atoms with Crippen LogP contribution in [0.4, 0.5) is 0 Å². The SMILES string of the molecule is Cc1c(Br)c(O)c(Br)c(C)c1C1CCC(C)(c2cc(Br)c(O)c(Br)c2)C(C)C1. The van der Waals surface area contributed by atoms with Crippen molar-refractivity contribution in [1.29, 1.82) is 0 Å². The van der Waals surface area contributed by atoms with Crippen LogP contribution in [0.2, 0.25) is 0 Å². The molecule has 3 unspecified atom stereocenters. The van der Waals surface area contributed by atoms with Gasteiger partial charge < -0.3 is 10.2 Å². The van der Waals surface area contributed by atoms with Crippen molar-refractivity contribution >= 4 is 63.7 Å². The number of rotatable bonds is 2. The maximum absolute atomic E-state index is 10.3. The number of hydrogen-bond donors (Lipinski definition) is 2. The maximum atomic E-state index is 10.3. The normalized spacial score (nSPS) is 25.1. The molecule has 0 spiro atoms. The summed E-state index contributed by atoms with van der Waals surface area (Å²) in [5.74, 6) is 1.46. The van der Waals surface area contributed by atoms with Crippen LogP contribution in [0.5, 0.6) is 11.5 Å². The molecule has 28 heavy (non-hydrogen) atoms. The molecule has 3 atom stereocenters. The fourth-order valence-corrected chi connectivity index (χ4v) is 6.97. The molecule has 1 aliphatic rings. The molecule has 2 N–H and O–H groups in total. The monoisotopic (exact) mass is 636 g/mol. The van der Waals surface area contributed by atoms with Gasteiger partial charge in [-0.1, -0.05) is 13.8 Å². The van der Waals surface area contributed by atoms with Crippen LogP contribution in [-0.2, 0) is 5.41 Å². The van der Waals surface area contributed by atoms with Crippen LogP contribution >= 0.6 is 63.7 Å². The maximum Gasteiger partial charge on any atom is 0.144 e. The summed E-state index contributed by atoms with van der Waals surface area (Å²) in [6.07, 6.45) is 3.23. The van der Waals surface area contributed by atoms with Gasteiger partial charge in [0.1, 0.15) is 11.5 Å². The van der Waals surface area contributed by atoms with Crippen LogP contribution in [0.25, 0.3) is 0 Å². The third kappa shape index (κ3) is 3.72. The smallest absolute Gasteiger partial charge is 0.144 e. The van der Waals surface area contributed by atoms with Gasteiger partial charge in [-0.15, -0.1) is 0 Å². The summed E-state index contributed by atoms with van der Waals surface area (Å²) in [5.41, 5.74) is 4.90. The van der Waals surface area contributed by atoms with Crippen molar-refractivity contribution in [3.63, 3.8) is 0 Å². The highest BCUT2D eigenvalue weighted by Crippen LogP contribution is 2.53. The summed E-state index contributed by atoms with van der Waals surface area (Å²) >= 11 is 14.1. The van der Waals surface area contributed by atoms with Crippen molar-refractivity contribution in [3.8, 4) is 11.5 Å². The summed E-state index contributed by atoms with van der Waals surface area (Å²) in [4.78, 5) is 0. The van der Waals surface area contributed by atoms with Gasteiger partial charge in [0.2, 0.25) is 0 Å². The molecule has 1 saturated carbocycles. The van der Waals surface area contributed by atoms with Gasteiger partial charge in [0.15, 0.2) is 0 Å². The van der Waals surface area contributed by atoms with E-state index in [1.54, 1.807) is 0 Å². The highest BCUT2D eigenvalue weighted by Gasteiger charge is 2.40. The molecule has 0 amide bonds. The topological polar surface area (TPSA) is 40.5 Å². The Morgan fingerprint density at radius 1 is 0.929 bits per heavy atom. The lowest BCUT2D eigenvalue weighted by atomic mass is 9.60. The molecule has 0 aliphatic heterocycles. The zero-order valence-electron chi connectivity index (χ0n) is 16.3. The first kappa shape index (κ1) is 22.6. The van der Waals surface area contributed by atoms with Crippen molar-refractivity contribution in [2.75, 3.05) is 0 Å². The number of phenols is 2. The van der Waals surface area contributed by atoms with Crippen molar-refractivity contribution in [3.05, 3.63) is 52.3 Å². The Kier molecular flexibility index (Phi) is 6.66. The van der Waals surface area contributed by atoms with Gasteiger partial charge in [0.25, 0.3) is 0 Å². The summed E-state index contributed by atoms with van der Waals surface area (Å²) in [7, 11) is 0. The molecule has 2 nitrogen and oxygen atoms in total. The summed E-state index contributed by atoms with van der Waals surface area (Å²) in [6, 6.07) is 4.11. The van der Waals surface area contributed by atoms with Crippen LogP contribution in [0.1, 0.15) is 61.3 Å². The predicted octanol–water partition coefficient (Wildman–Crippen LogP) is 8.63. The summed E-state index contributed by atoms with van der Waals surface area (Å²) in [6.45, 7) is 8.84. The van der Waals surface area contributed by atoms with Crippen LogP contribution in [0, 0.1) is 19.8 Å². The first-order valence-corrected chi connectivity index (χ1v) is 12.5. The highest BCUT2D eigenvalue weighted by molar-refractivity contribution is 9.11. The molecule has 6 heteroatoms. The van der Waals surface area contributed by atoms with Crippen LogP contribution in [0.3, 0.4) is 0 Å². The van der Waals surface area contributed by atoms with Crippen molar-refractivity contribution in [2.45, 2.75) is 58.3 Å². The number of phenolic OH excluding ortho intramolecular Hbond substituents is 2. The van der Waals surface area contributed by atoms with Gasteiger partial charge >= 0.3 is 0 Å². The third-order valence-electron chi connectivity index (χ3n) is 6.70. The van der Waals surface area contributed by atoms with E-state index in [0.29, 0.717) is 11.8 Å². The van der Waals surface area contributed by atoms with Crippen LogP contribution < -0.4 is 0 Å². The second-order valence-corrected chi connectivity index (χ2v) is 11.5. The molecular weight excluding hydrogens is 616 g/mol. The van der Waals surface area contributed by atoms with E-state index in [9.17, 15) is 10.2 Å². The van der Waals surface area contributed by atoms with E-state index in [1.165, 1.54) is 11.1 Å². The zero-order chi connectivity index (χ0) is 21.0. The van der Waals surface area contributed by atoms with E-state index in [0.717, 1.165) is 48.3 Å². The fourth-order valence-electron chi connectivity index (χ4n) is 4.69. The van der Waals surface area contributed by atoms with Crippen LogP contribution in [0.15, 0.2) is 30.0 Å². The molecule has 0 radical (unpaired) electrons. The van der Waals surface area contributed by atoms with Gasteiger partial charge in [0, 0.05) is 0 Å². The Labute approximate surface area is 200 Å². The second kappa shape index (κ2) is 8.24. The summed E-state index contributed by atoms with van der Waals surface area (Å²) in [5, 5.41) is 20.4. The Bertz CT molecular complexity index is 889. The van der Waals surface area contributed by atoms with Gasteiger partial charge in [-0.3, -0.25) is 0 Å². The van der Waals surface area contributed by atoms with E-state index >= 15 is 0 Å². The Morgan fingerprint density at radius 3 is 1.89 bits per heavy atom. The van der Waals surface area contributed by atoms with Gasteiger partial charge in [-0.05, 0) is 148 Å². The molecule has 0 bridgehead atoms. The van der Waals surface area contributed by atoms with E-state index in [2.05, 4.69) is 104 Å². The van der Waals surface area contributed by atoms with Gasteiger partial charge in [-0.25, -0.2) is 0 Å². The molecule has 0 heterocycles. The molecule has 2 aromatic carbocycles. The lowest BCUT2D eigenvalue weighted by Crippen LogP contribution is -2.36. The molecule has 2 aromatic rings. The van der Waals surface area contributed by atoms with Crippen molar-refractivity contribution in [2.24, 2.45) is 5.92 Å². The number of halogens is 4. The first-order chi connectivity index (χ1) is 13.0. The Morgan fingerprint density at radius 2 is 1.43 bits per heavy atom. The minimum Gasteiger partial charge on any atom is -0.506 e. The Hall–Kier alpha value is -0.0400. The third-order valence-corrected chi connectivity index (χ3v) is 9.85. The van der Waals surface area contributed by atoms with Crippen LogP contribution in [-0.4, -0.2) is 10.2 Å². The molecular formula is C22H24Br4O2. The molecule has 152 valence electrons. The minimum atomic E-state index is 0.0441. The highest BCUT2D eigenvalue weighted by atomic mass is 79.9. The largest absolute Gasteiger partial charge is 0.506 e. The summed E-state index contributed by atoms with van der Waals surface area (Å²) < 4.78 is 3.02. The zero-order valence-corrected chi connectivity index (χ0v) is 22.7. The molecule has 1 aliphatic carbocycles. The lowest BCUT2D eigenvalue weighted by Gasteiger charge is -2.44. The van der Waals surface area contributed by atoms with Gasteiger partial charge in [-0.2, -0.15) is 0 Å². The standard InChI is InChI=1S/C22H24Br4O2/c1-10-7-13(17-11(2)18(25)21(28)19(26)12(17)3)5-6-22(10,4)14-8-15(23)20(27)16(24)9-14/h8-10,13,27-28H,5-7H2,1-4H3. The van der Waals surface area contributed by atoms with Gasteiger partial charge in [0.05, 0.1) is 17.9 Å². The number of benzene rings is 2. The number of hydrogen-bond acceptors (Lipinski definition) is 2. The van der Waals surface area contributed by atoms with Crippen molar-refractivity contribution < 1.29 is 10.2 Å². The quantitative estimate of drug-likeness (QED) is 0.345. The van der Waals surface area contributed by atoms with E-state index in [1.807, 2.05) is 0 Å². The Balaban J connectivity index is 1.97. The van der Waals surface area contributed by atoms with E-state index in [-0.39, 0.29) is 16.9 Å². The van der Waals surface area contributed by atoms with Crippen molar-refractivity contribution in [1.82, 2.24) is 0 Å². The molecule has 0 aromatic heterocycles. The molecule has 1 fully saturated rings. The van der Waals surface area contributed by atoms with E-state index < -0.39 is 0 Å².